The van der Waals surface area contributed by atoms with Gasteiger partial charge in [0.05, 0.1) is 5.56 Å². The van der Waals surface area contributed by atoms with Crippen molar-refractivity contribution in [3.63, 3.8) is 0 Å². The minimum atomic E-state index is -0.986. The second-order valence-corrected chi connectivity index (χ2v) is 4.30. The van der Waals surface area contributed by atoms with Crippen LogP contribution in [0.4, 0.5) is 0 Å². The maximum Gasteiger partial charge on any atom is 0.335 e. The Hall–Kier alpha value is -1.88. The van der Waals surface area contributed by atoms with Gasteiger partial charge in [0.25, 0.3) is 0 Å². The second kappa shape index (κ2) is 4.42. The zero-order valence-corrected chi connectivity index (χ0v) is 10.6. The fourth-order valence-electron chi connectivity index (χ4n) is 1.67. The van der Waals surface area contributed by atoms with Gasteiger partial charge in [0.1, 0.15) is 11.1 Å². The summed E-state index contributed by atoms with van der Waals surface area (Å²) in [4.78, 5) is 15.2. The van der Waals surface area contributed by atoms with Crippen molar-refractivity contribution in [2.45, 2.75) is 25.9 Å². The number of methoxy groups -OCH3 is 1. The quantitative estimate of drug-likeness (QED) is 0.901. The zero-order valence-electron chi connectivity index (χ0n) is 10.6. The second-order valence-electron chi connectivity index (χ2n) is 4.30. The van der Waals surface area contributed by atoms with Gasteiger partial charge in [-0.2, -0.15) is 0 Å². The lowest BCUT2D eigenvalue weighted by Gasteiger charge is -2.22. The molecule has 1 unspecified atom stereocenters. The maximum absolute atomic E-state index is 10.9. The van der Waals surface area contributed by atoms with Gasteiger partial charge in [-0.25, -0.2) is 9.78 Å². The number of hydrogen-bond acceptors (Lipinski definition) is 4. The van der Waals surface area contributed by atoms with E-state index in [1.807, 2.05) is 13.8 Å². The van der Waals surface area contributed by atoms with E-state index in [-0.39, 0.29) is 5.56 Å². The lowest BCUT2D eigenvalue weighted by atomic mass is 10.0. The molecular formula is C13H15NO4. The number of benzene rings is 1. The molecule has 2 rings (SSSR count). The van der Waals surface area contributed by atoms with E-state index >= 15 is 0 Å². The highest BCUT2D eigenvalue weighted by molar-refractivity contribution is 5.91. The van der Waals surface area contributed by atoms with Crippen LogP contribution in [0.3, 0.4) is 0 Å². The molecule has 1 aromatic heterocycles. The summed E-state index contributed by atoms with van der Waals surface area (Å²) in [6.07, 6.45) is 0.710. The number of oxazole rings is 1. The first-order valence-electron chi connectivity index (χ1n) is 5.69. The smallest absolute Gasteiger partial charge is 0.335 e. The van der Waals surface area contributed by atoms with E-state index in [0.717, 1.165) is 0 Å². The Balaban J connectivity index is 2.53. The summed E-state index contributed by atoms with van der Waals surface area (Å²) < 4.78 is 11.0. The van der Waals surface area contributed by atoms with Crippen molar-refractivity contribution in [2.24, 2.45) is 0 Å². The largest absolute Gasteiger partial charge is 0.478 e. The molecule has 0 aliphatic rings. The molecule has 0 saturated heterocycles. The number of carboxylic acid groups (broad SMARTS) is 1. The first kappa shape index (κ1) is 12.6. The molecule has 0 spiro atoms. The average molecular weight is 249 g/mol. The minimum Gasteiger partial charge on any atom is -0.478 e. The predicted octanol–water partition coefficient (Wildman–Crippen LogP) is 2.80. The predicted molar refractivity (Wildman–Crippen MR) is 65.6 cm³/mol. The monoisotopic (exact) mass is 249 g/mol. The van der Waals surface area contributed by atoms with Gasteiger partial charge in [0.2, 0.25) is 5.89 Å². The number of nitrogens with zero attached hydrogens (tertiary/aromatic N) is 1. The molecule has 2 aromatic rings. The molecule has 96 valence electrons. The number of rotatable bonds is 4. The van der Waals surface area contributed by atoms with Gasteiger partial charge < -0.3 is 14.3 Å². The summed E-state index contributed by atoms with van der Waals surface area (Å²) in [7, 11) is 1.60. The lowest BCUT2D eigenvalue weighted by molar-refractivity contribution is -0.0222. The molecule has 5 nitrogen and oxygen atoms in total. The van der Waals surface area contributed by atoms with Crippen LogP contribution < -0.4 is 0 Å². The van der Waals surface area contributed by atoms with Crippen molar-refractivity contribution < 1.29 is 19.1 Å². The Morgan fingerprint density at radius 1 is 1.56 bits per heavy atom. The van der Waals surface area contributed by atoms with Crippen LogP contribution in [0.1, 0.15) is 36.5 Å². The molecule has 1 N–H and O–H groups in total. The highest BCUT2D eigenvalue weighted by atomic mass is 16.5. The van der Waals surface area contributed by atoms with E-state index in [0.29, 0.717) is 23.4 Å². The van der Waals surface area contributed by atoms with Gasteiger partial charge in [-0.1, -0.05) is 6.92 Å². The van der Waals surface area contributed by atoms with Crippen LogP contribution in [0.2, 0.25) is 0 Å². The Morgan fingerprint density at radius 2 is 2.28 bits per heavy atom. The molecule has 0 radical (unpaired) electrons. The third kappa shape index (κ3) is 1.97. The van der Waals surface area contributed by atoms with Crippen molar-refractivity contribution in [1.29, 1.82) is 0 Å². The minimum absolute atomic E-state index is 0.181. The third-order valence-corrected chi connectivity index (χ3v) is 3.21. The van der Waals surface area contributed by atoms with Gasteiger partial charge in [0.15, 0.2) is 5.58 Å². The van der Waals surface area contributed by atoms with Gasteiger partial charge in [-0.15, -0.1) is 0 Å². The van der Waals surface area contributed by atoms with Gasteiger partial charge in [-0.05, 0) is 31.5 Å². The van der Waals surface area contributed by atoms with Crippen LogP contribution in [-0.4, -0.2) is 23.2 Å². The molecule has 0 fully saturated rings. The van der Waals surface area contributed by atoms with Crippen molar-refractivity contribution >= 4 is 17.1 Å². The molecule has 0 aliphatic heterocycles. The molecule has 0 aliphatic carbocycles. The van der Waals surface area contributed by atoms with Gasteiger partial charge >= 0.3 is 5.97 Å². The number of hydrogen-bond donors (Lipinski definition) is 1. The number of aromatic nitrogens is 1. The number of fused-ring (bicyclic) bond motifs is 1. The molecule has 5 heteroatoms. The number of ether oxygens (including phenoxy) is 1. The third-order valence-electron chi connectivity index (χ3n) is 3.21. The van der Waals surface area contributed by atoms with Crippen LogP contribution in [0.5, 0.6) is 0 Å². The standard InChI is InChI=1S/C13H15NO4/c1-4-13(2,17-3)12-14-9-6-5-8(11(15)16)7-10(9)18-12/h5-7H,4H2,1-3H3,(H,15,16). The fraction of sp³-hybridized carbons (Fsp3) is 0.385. The van der Waals surface area contributed by atoms with Crippen molar-refractivity contribution in [3.8, 4) is 0 Å². The van der Waals surface area contributed by atoms with Crippen LogP contribution in [0.15, 0.2) is 22.6 Å². The fourth-order valence-corrected chi connectivity index (χ4v) is 1.67. The molecule has 1 aromatic carbocycles. The van der Waals surface area contributed by atoms with Crippen LogP contribution in [-0.2, 0) is 10.3 Å². The van der Waals surface area contributed by atoms with E-state index in [9.17, 15) is 4.79 Å². The molecular weight excluding hydrogens is 234 g/mol. The Morgan fingerprint density at radius 3 is 2.83 bits per heavy atom. The lowest BCUT2D eigenvalue weighted by Crippen LogP contribution is -2.23. The average Bonchev–Trinajstić information content (AvgIpc) is 2.80. The van der Waals surface area contributed by atoms with Crippen LogP contribution >= 0.6 is 0 Å². The highest BCUT2D eigenvalue weighted by Gasteiger charge is 2.30. The Bertz CT molecular complexity index is 584. The van der Waals surface area contributed by atoms with Crippen molar-refractivity contribution in [1.82, 2.24) is 4.98 Å². The molecule has 1 atom stereocenters. The summed E-state index contributed by atoms with van der Waals surface area (Å²) in [5.74, 6) is -0.523. The van der Waals surface area contributed by atoms with E-state index in [2.05, 4.69) is 4.98 Å². The van der Waals surface area contributed by atoms with E-state index in [1.165, 1.54) is 12.1 Å². The van der Waals surface area contributed by atoms with Crippen molar-refractivity contribution in [3.05, 3.63) is 29.7 Å². The van der Waals surface area contributed by atoms with Crippen LogP contribution in [0, 0.1) is 0 Å². The summed E-state index contributed by atoms with van der Waals surface area (Å²) in [5.41, 5.74) is 0.678. The van der Waals surface area contributed by atoms with Gasteiger partial charge in [0, 0.05) is 7.11 Å². The summed E-state index contributed by atoms with van der Waals surface area (Å²) in [5, 5.41) is 8.92. The van der Waals surface area contributed by atoms with Gasteiger partial charge in [-0.3, -0.25) is 0 Å². The summed E-state index contributed by atoms with van der Waals surface area (Å²) in [6.45, 7) is 3.86. The topological polar surface area (TPSA) is 72.6 Å². The van der Waals surface area contributed by atoms with Crippen molar-refractivity contribution in [2.75, 3.05) is 7.11 Å². The Labute approximate surface area is 104 Å². The summed E-state index contributed by atoms with van der Waals surface area (Å²) in [6, 6.07) is 4.62. The molecule has 1 heterocycles. The van der Waals surface area contributed by atoms with E-state index in [1.54, 1.807) is 13.2 Å². The zero-order chi connectivity index (χ0) is 13.3. The number of carboxylic acids is 1. The van der Waals surface area contributed by atoms with E-state index < -0.39 is 11.6 Å². The molecule has 0 amide bonds. The summed E-state index contributed by atoms with van der Waals surface area (Å²) >= 11 is 0. The normalized spacial score (nSPS) is 14.6. The van der Waals surface area contributed by atoms with E-state index in [4.69, 9.17) is 14.3 Å². The molecule has 0 bridgehead atoms. The SMILES string of the molecule is CCC(C)(OC)c1nc2ccc(C(=O)O)cc2o1. The first-order valence-corrected chi connectivity index (χ1v) is 5.69. The first-order chi connectivity index (χ1) is 8.50. The molecule has 0 saturated carbocycles. The number of carbonyl (C=O) groups is 1. The maximum atomic E-state index is 10.9. The number of aromatic carboxylic acids is 1. The highest BCUT2D eigenvalue weighted by Crippen LogP contribution is 2.30. The van der Waals surface area contributed by atoms with Crippen LogP contribution in [0.25, 0.3) is 11.1 Å². The Kier molecular flexibility index (Phi) is 3.09. The molecule has 18 heavy (non-hydrogen) atoms.